The molecule has 0 bridgehead atoms. The van der Waals surface area contributed by atoms with E-state index in [0.29, 0.717) is 0 Å². The second-order valence-corrected chi connectivity index (χ2v) is 4.84. The first kappa shape index (κ1) is 8.85. The molecular weight excluding hydrogens is 147 g/mol. The van der Waals surface area contributed by atoms with Crippen molar-refractivity contribution in [3.8, 4) is 0 Å². The molecule has 0 N–H and O–H groups in total. The molecule has 1 rings (SSSR count). The van der Waals surface area contributed by atoms with Crippen LogP contribution in [0.3, 0.4) is 0 Å². The summed E-state index contributed by atoms with van der Waals surface area (Å²) >= 11 is 1.32. The van der Waals surface area contributed by atoms with Crippen LogP contribution in [0.2, 0.25) is 4.78 Å². The molecule has 0 aliphatic heterocycles. The lowest BCUT2D eigenvalue weighted by Gasteiger charge is -2.06. The van der Waals surface area contributed by atoms with E-state index in [0.717, 1.165) is 4.78 Å². The van der Waals surface area contributed by atoms with E-state index in [1.165, 1.54) is 34.7 Å². The molecule has 1 heteroatoms. The first-order chi connectivity index (χ1) is 5.33. The maximum absolute atomic E-state index is 2.28. The maximum atomic E-state index is 2.28. The lowest BCUT2D eigenvalue weighted by Crippen LogP contribution is -1.94. The fourth-order valence-corrected chi connectivity index (χ4v) is 1.63. The van der Waals surface area contributed by atoms with E-state index in [1.54, 1.807) is 0 Å². The van der Waals surface area contributed by atoms with Crippen LogP contribution in [0.25, 0.3) is 0 Å². The Morgan fingerprint density at radius 1 is 1.27 bits per heavy atom. The van der Waals surface area contributed by atoms with Crippen LogP contribution in [0.15, 0.2) is 30.3 Å². The molecule has 0 saturated carbocycles. The molecule has 0 nitrogen and oxygen atoms in total. The molecule has 1 aromatic rings. The molecular formula is C10H15Al. The van der Waals surface area contributed by atoms with Crippen LogP contribution < -0.4 is 0 Å². The van der Waals surface area contributed by atoms with E-state index in [2.05, 4.69) is 37.3 Å². The van der Waals surface area contributed by atoms with E-state index >= 15 is 0 Å². The van der Waals surface area contributed by atoms with Crippen molar-refractivity contribution in [2.75, 3.05) is 0 Å². The molecule has 1 aromatic carbocycles. The van der Waals surface area contributed by atoms with Gasteiger partial charge in [0.25, 0.3) is 0 Å². The molecule has 0 amide bonds. The summed E-state index contributed by atoms with van der Waals surface area (Å²) in [6.45, 7) is 2.28. The number of hydrogen-bond acceptors (Lipinski definition) is 0. The molecule has 1 unspecified atom stereocenters. The fourth-order valence-electron chi connectivity index (χ4n) is 1.16. The normalized spacial score (nSPS) is 12.8. The Kier molecular flexibility index (Phi) is 3.69. The van der Waals surface area contributed by atoms with Crippen LogP contribution in [0.5, 0.6) is 0 Å². The first-order valence-corrected chi connectivity index (χ1v) is 5.52. The SMILES string of the molecule is CC[CH]([AlH2])Cc1ccccc1. The zero-order valence-electron chi connectivity index (χ0n) is 7.38. The lowest BCUT2D eigenvalue weighted by atomic mass is 10.1. The summed E-state index contributed by atoms with van der Waals surface area (Å²) in [6, 6.07) is 10.8. The largest absolute Gasteiger partial charge is 0.216 e. The Morgan fingerprint density at radius 2 is 1.91 bits per heavy atom. The van der Waals surface area contributed by atoms with E-state index in [-0.39, 0.29) is 0 Å². The van der Waals surface area contributed by atoms with Gasteiger partial charge in [-0.3, -0.25) is 0 Å². The topological polar surface area (TPSA) is 0 Å². The van der Waals surface area contributed by atoms with Crippen LogP contribution in [-0.2, 0) is 6.42 Å². The summed E-state index contributed by atoms with van der Waals surface area (Å²) in [7, 11) is 0. The zero-order valence-corrected chi connectivity index (χ0v) is 9.38. The van der Waals surface area contributed by atoms with Crippen LogP contribution in [0.4, 0.5) is 0 Å². The summed E-state index contributed by atoms with van der Waals surface area (Å²) < 4.78 is 0.956. The molecule has 0 saturated heterocycles. The Hall–Kier alpha value is -0.248. The van der Waals surface area contributed by atoms with E-state index < -0.39 is 0 Å². The summed E-state index contributed by atoms with van der Waals surface area (Å²) in [5, 5.41) is 0. The molecule has 1 atom stereocenters. The van der Waals surface area contributed by atoms with Crippen molar-refractivity contribution in [1.82, 2.24) is 0 Å². The van der Waals surface area contributed by atoms with Crippen molar-refractivity contribution in [2.24, 2.45) is 0 Å². The molecule has 58 valence electrons. The van der Waals surface area contributed by atoms with Crippen molar-refractivity contribution in [3.05, 3.63) is 35.9 Å². The summed E-state index contributed by atoms with van der Waals surface area (Å²) in [6.07, 6.45) is 2.62. The van der Waals surface area contributed by atoms with Gasteiger partial charge in [-0.05, 0) is 12.0 Å². The van der Waals surface area contributed by atoms with Crippen LogP contribution in [-0.4, -0.2) is 16.3 Å². The minimum atomic E-state index is 0.956. The van der Waals surface area contributed by atoms with E-state index in [1.807, 2.05) is 0 Å². The highest BCUT2D eigenvalue weighted by Crippen LogP contribution is 2.12. The minimum Gasteiger partial charge on any atom is -0.0865 e. The average Bonchev–Trinajstić information content (AvgIpc) is 2.06. The summed E-state index contributed by atoms with van der Waals surface area (Å²) in [5.74, 6) is 0. The predicted molar refractivity (Wildman–Crippen MR) is 52.7 cm³/mol. The van der Waals surface area contributed by atoms with Crippen LogP contribution in [0.1, 0.15) is 18.9 Å². The van der Waals surface area contributed by atoms with Gasteiger partial charge in [0.2, 0.25) is 16.3 Å². The molecule has 0 aliphatic rings. The summed E-state index contributed by atoms with van der Waals surface area (Å²) in [5.41, 5.74) is 1.49. The van der Waals surface area contributed by atoms with Gasteiger partial charge in [0.1, 0.15) is 0 Å². The quantitative estimate of drug-likeness (QED) is 0.597. The van der Waals surface area contributed by atoms with Gasteiger partial charge in [-0.25, -0.2) is 0 Å². The molecule has 0 spiro atoms. The Morgan fingerprint density at radius 3 is 2.45 bits per heavy atom. The van der Waals surface area contributed by atoms with Crippen molar-refractivity contribution < 1.29 is 0 Å². The number of rotatable bonds is 3. The average molecular weight is 162 g/mol. The van der Waals surface area contributed by atoms with Gasteiger partial charge >= 0.3 is 0 Å². The predicted octanol–water partition coefficient (Wildman–Crippen LogP) is 2.06. The van der Waals surface area contributed by atoms with Gasteiger partial charge in [0, 0.05) is 0 Å². The third kappa shape index (κ3) is 3.10. The smallest absolute Gasteiger partial charge is 0.0865 e. The molecule has 0 radical (unpaired) electrons. The molecule has 0 heterocycles. The van der Waals surface area contributed by atoms with E-state index in [4.69, 9.17) is 0 Å². The fraction of sp³-hybridized carbons (Fsp3) is 0.400. The second-order valence-electron chi connectivity index (χ2n) is 3.20. The molecule has 0 aliphatic carbocycles. The Labute approximate surface area is 77.1 Å². The van der Waals surface area contributed by atoms with Gasteiger partial charge in [-0.15, -0.1) is 0 Å². The Balaban J connectivity index is 2.51. The van der Waals surface area contributed by atoms with Gasteiger partial charge in [0.15, 0.2) is 0 Å². The molecule has 0 aromatic heterocycles. The molecule has 0 fully saturated rings. The second kappa shape index (κ2) is 4.59. The number of benzene rings is 1. The van der Waals surface area contributed by atoms with Crippen molar-refractivity contribution in [1.29, 1.82) is 0 Å². The van der Waals surface area contributed by atoms with Crippen LogP contribution >= 0.6 is 0 Å². The highest BCUT2D eigenvalue weighted by Gasteiger charge is 1.99. The standard InChI is InChI=1S/C10H13.Al.2H/c1-2-3-7-10-8-5-4-6-9-10;;;/h3-6,8-9H,2,7H2,1H3;;;. The van der Waals surface area contributed by atoms with Crippen molar-refractivity contribution >= 4 is 16.3 Å². The summed E-state index contributed by atoms with van der Waals surface area (Å²) in [4.78, 5) is 0. The maximum Gasteiger partial charge on any atom is 0.216 e. The monoisotopic (exact) mass is 162 g/mol. The van der Waals surface area contributed by atoms with Crippen molar-refractivity contribution in [2.45, 2.75) is 24.5 Å². The first-order valence-electron chi connectivity index (χ1n) is 4.37. The van der Waals surface area contributed by atoms with Crippen LogP contribution in [0, 0.1) is 0 Å². The molecule has 11 heavy (non-hydrogen) atoms. The van der Waals surface area contributed by atoms with Gasteiger partial charge in [-0.2, -0.15) is 0 Å². The zero-order chi connectivity index (χ0) is 8.10. The number of hydrogen-bond donors (Lipinski definition) is 0. The highest BCUT2D eigenvalue weighted by atomic mass is 27.0. The lowest BCUT2D eigenvalue weighted by molar-refractivity contribution is 0.791. The van der Waals surface area contributed by atoms with Gasteiger partial charge in [-0.1, -0.05) is 48.5 Å². The highest BCUT2D eigenvalue weighted by molar-refractivity contribution is 6.11. The minimum absolute atomic E-state index is 0.956. The van der Waals surface area contributed by atoms with Crippen molar-refractivity contribution in [3.63, 3.8) is 0 Å². The van der Waals surface area contributed by atoms with Gasteiger partial charge in [0.05, 0.1) is 0 Å². The Bertz CT molecular complexity index is 193. The third-order valence-electron chi connectivity index (χ3n) is 2.12. The third-order valence-corrected chi connectivity index (χ3v) is 3.35. The van der Waals surface area contributed by atoms with Gasteiger partial charge < -0.3 is 0 Å². The van der Waals surface area contributed by atoms with E-state index in [9.17, 15) is 0 Å².